The molecule has 1 aromatic carbocycles. The second kappa shape index (κ2) is 8.38. The Labute approximate surface area is 165 Å². The number of pyridine rings is 1. The summed E-state index contributed by atoms with van der Waals surface area (Å²) in [6.45, 7) is 6.92. The molecule has 3 rings (SSSR count). The number of imidazole rings is 1. The van der Waals surface area contributed by atoms with Crippen LogP contribution in [0.3, 0.4) is 0 Å². The lowest BCUT2D eigenvalue weighted by molar-refractivity contribution is -0.121. The summed E-state index contributed by atoms with van der Waals surface area (Å²) < 4.78 is 2.01. The average molecular weight is 377 g/mol. The van der Waals surface area contributed by atoms with Crippen molar-refractivity contribution in [3.63, 3.8) is 0 Å². The lowest BCUT2D eigenvalue weighted by Crippen LogP contribution is -2.26. The second-order valence-electron chi connectivity index (χ2n) is 8.02. The van der Waals surface area contributed by atoms with E-state index in [0.29, 0.717) is 18.5 Å². The van der Waals surface area contributed by atoms with E-state index in [4.69, 9.17) is 0 Å². The zero-order valence-corrected chi connectivity index (χ0v) is 16.7. The van der Waals surface area contributed by atoms with Crippen molar-refractivity contribution in [1.82, 2.24) is 14.7 Å². The summed E-state index contributed by atoms with van der Waals surface area (Å²) in [4.78, 5) is 28.8. The fourth-order valence-electron chi connectivity index (χ4n) is 3.11. The van der Waals surface area contributed by atoms with Crippen molar-refractivity contribution in [2.75, 3.05) is 6.54 Å². The van der Waals surface area contributed by atoms with Crippen LogP contribution in [0, 0.1) is 0 Å². The van der Waals surface area contributed by atoms with Crippen molar-refractivity contribution in [3.05, 3.63) is 71.8 Å². The van der Waals surface area contributed by atoms with Crippen LogP contribution in [0.1, 0.15) is 55.4 Å². The van der Waals surface area contributed by atoms with Gasteiger partial charge in [0.25, 0.3) is 0 Å². The van der Waals surface area contributed by atoms with Crippen LogP contribution in [0.5, 0.6) is 0 Å². The predicted octanol–water partition coefficient (Wildman–Crippen LogP) is 3.95. The first-order chi connectivity index (χ1) is 13.3. The number of carbonyl (C=O) groups excluding carboxylic acids is 2. The number of benzene rings is 1. The van der Waals surface area contributed by atoms with Gasteiger partial charge in [-0.15, -0.1) is 0 Å². The highest BCUT2D eigenvalue weighted by atomic mass is 16.2. The molecule has 0 saturated heterocycles. The monoisotopic (exact) mass is 377 g/mol. The Balaban J connectivity index is 1.44. The van der Waals surface area contributed by atoms with Gasteiger partial charge in [-0.05, 0) is 23.1 Å². The van der Waals surface area contributed by atoms with Gasteiger partial charge in [-0.25, -0.2) is 4.98 Å². The minimum Gasteiger partial charge on any atom is -0.356 e. The Morgan fingerprint density at radius 2 is 1.79 bits per heavy atom. The number of nitrogens with one attached hydrogen (secondary N) is 1. The smallest absolute Gasteiger partial charge is 0.220 e. The van der Waals surface area contributed by atoms with Crippen LogP contribution in [-0.2, 0) is 16.6 Å². The van der Waals surface area contributed by atoms with E-state index in [-0.39, 0.29) is 29.9 Å². The highest BCUT2D eigenvalue weighted by Gasteiger charge is 2.15. The topological polar surface area (TPSA) is 63.5 Å². The number of Topliss-reactive ketones (excluding diaryl/α,β-unsaturated/α-hetero) is 1. The summed E-state index contributed by atoms with van der Waals surface area (Å²) in [7, 11) is 0. The molecule has 0 fully saturated rings. The maximum atomic E-state index is 12.3. The maximum absolute atomic E-state index is 12.3. The van der Waals surface area contributed by atoms with Gasteiger partial charge in [0.15, 0.2) is 5.78 Å². The van der Waals surface area contributed by atoms with E-state index >= 15 is 0 Å². The fraction of sp³-hybridized carbons (Fsp3) is 0.348. The summed E-state index contributed by atoms with van der Waals surface area (Å²) in [5, 5.41) is 2.88. The van der Waals surface area contributed by atoms with Crippen molar-refractivity contribution in [3.8, 4) is 0 Å². The molecule has 0 unspecified atom stereocenters. The molecule has 0 atom stereocenters. The summed E-state index contributed by atoms with van der Waals surface area (Å²) in [5.74, 6) is 0.793. The third-order valence-electron chi connectivity index (χ3n) is 4.84. The quantitative estimate of drug-likeness (QED) is 0.634. The van der Waals surface area contributed by atoms with Crippen molar-refractivity contribution in [2.24, 2.45) is 0 Å². The number of carbonyl (C=O) groups is 2. The molecule has 2 aromatic heterocycles. The Morgan fingerprint density at radius 3 is 2.50 bits per heavy atom. The van der Waals surface area contributed by atoms with Gasteiger partial charge in [0, 0.05) is 37.6 Å². The van der Waals surface area contributed by atoms with Gasteiger partial charge in [0.05, 0.1) is 11.7 Å². The Morgan fingerprint density at radius 1 is 1.04 bits per heavy atom. The van der Waals surface area contributed by atoms with Crippen LogP contribution in [0.25, 0.3) is 5.52 Å². The van der Waals surface area contributed by atoms with E-state index in [1.54, 1.807) is 0 Å². The van der Waals surface area contributed by atoms with Gasteiger partial charge >= 0.3 is 0 Å². The zero-order valence-electron chi connectivity index (χ0n) is 16.7. The zero-order chi connectivity index (χ0) is 20.1. The molecule has 0 saturated carbocycles. The van der Waals surface area contributed by atoms with Crippen molar-refractivity contribution < 1.29 is 9.59 Å². The number of rotatable bonds is 7. The summed E-state index contributed by atoms with van der Waals surface area (Å²) >= 11 is 0. The molecule has 0 aliphatic carbocycles. The highest BCUT2D eigenvalue weighted by Crippen LogP contribution is 2.22. The fourth-order valence-corrected chi connectivity index (χ4v) is 3.11. The number of amides is 1. The van der Waals surface area contributed by atoms with Crippen LogP contribution < -0.4 is 5.32 Å². The highest BCUT2D eigenvalue weighted by molar-refractivity contribution is 5.98. The molecule has 28 heavy (non-hydrogen) atoms. The first kappa shape index (κ1) is 19.8. The third-order valence-corrected chi connectivity index (χ3v) is 4.84. The van der Waals surface area contributed by atoms with Crippen LogP contribution >= 0.6 is 0 Å². The number of nitrogens with zero attached hydrogens (tertiary/aromatic N) is 2. The molecule has 0 bridgehead atoms. The molecule has 146 valence electrons. The van der Waals surface area contributed by atoms with E-state index in [1.807, 2.05) is 59.3 Å². The molecule has 5 heteroatoms. The second-order valence-corrected chi connectivity index (χ2v) is 8.02. The van der Waals surface area contributed by atoms with E-state index < -0.39 is 0 Å². The van der Waals surface area contributed by atoms with Crippen LogP contribution in [0.15, 0.2) is 54.9 Å². The number of ketones is 1. The van der Waals surface area contributed by atoms with Crippen molar-refractivity contribution in [1.29, 1.82) is 0 Å². The number of aromatic nitrogens is 2. The van der Waals surface area contributed by atoms with Crippen molar-refractivity contribution >= 4 is 17.2 Å². The molecule has 0 spiro atoms. The molecule has 0 aliphatic heterocycles. The number of fused-ring (bicyclic) bond motifs is 1. The molecule has 0 radical (unpaired) electrons. The van der Waals surface area contributed by atoms with E-state index in [1.165, 1.54) is 5.56 Å². The lowest BCUT2D eigenvalue weighted by atomic mass is 9.86. The normalized spacial score (nSPS) is 11.5. The Kier molecular flexibility index (Phi) is 5.93. The SMILES string of the molecule is CC(C)(C)c1ccc(C(=O)CCC(=O)NCCc2ncc3ccccn23)cc1. The molecule has 3 aromatic rings. The maximum Gasteiger partial charge on any atom is 0.220 e. The third kappa shape index (κ3) is 4.85. The first-order valence-electron chi connectivity index (χ1n) is 9.66. The molecule has 1 N–H and O–H groups in total. The first-order valence-corrected chi connectivity index (χ1v) is 9.66. The van der Waals surface area contributed by atoms with Gasteiger partial charge in [0.2, 0.25) is 5.91 Å². The minimum atomic E-state index is -0.111. The predicted molar refractivity (Wildman–Crippen MR) is 111 cm³/mol. The molecule has 5 nitrogen and oxygen atoms in total. The minimum absolute atomic E-state index is 0.00476. The Hall–Kier alpha value is -2.95. The Bertz CT molecular complexity index is 965. The summed E-state index contributed by atoms with van der Waals surface area (Å²) in [6.07, 6.45) is 4.84. The molecular weight excluding hydrogens is 350 g/mol. The van der Waals surface area contributed by atoms with Gasteiger partial charge < -0.3 is 9.72 Å². The van der Waals surface area contributed by atoms with Crippen LogP contribution in [0.2, 0.25) is 0 Å². The average Bonchev–Trinajstić information content (AvgIpc) is 3.09. The van der Waals surface area contributed by atoms with E-state index in [2.05, 4.69) is 31.1 Å². The molecular formula is C23H27N3O2. The largest absolute Gasteiger partial charge is 0.356 e. The standard InChI is InChI=1S/C23H27N3O2/c1-23(2,3)18-9-7-17(8-10-18)20(27)11-12-22(28)24-14-13-21-25-16-19-6-4-5-15-26(19)21/h4-10,15-16H,11-14H2,1-3H3,(H,24,28). The van der Waals surface area contributed by atoms with Gasteiger partial charge in [-0.3, -0.25) is 9.59 Å². The van der Waals surface area contributed by atoms with Crippen molar-refractivity contribution in [2.45, 2.75) is 45.4 Å². The molecule has 1 amide bonds. The van der Waals surface area contributed by atoms with E-state index in [0.717, 1.165) is 11.3 Å². The molecule has 0 aliphatic rings. The van der Waals surface area contributed by atoms with Gasteiger partial charge in [-0.1, -0.05) is 51.1 Å². The number of hydrogen-bond acceptors (Lipinski definition) is 3. The summed E-state index contributed by atoms with van der Waals surface area (Å²) in [6, 6.07) is 13.6. The lowest BCUT2D eigenvalue weighted by Gasteiger charge is -2.18. The van der Waals surface area contributed by atoms with Gasteiger partial charge in [0.1, 0.15) is 5.82 Å². The number of hydrogen-bond donors (Lipinski definition) is 1. The molecule has 2 heterocycles. The van der Waals surface area contributed by atoms with Gasteiger partial charge in [-0.2, -0.15) is 0 Å². The van der Waals surface area contributed by atoms with Crippen LogP contribution in [0.4, 0.5) is 0 Å². The summed E-state index contributed by atoms with van der Waals surface area (Å²) in [5.41, 5.74) is 2.94. The van der Waals surface area contributed by atoms with Crippen LogP contribution in [-0.4, -0.2) is 27.6 Å². The van der Waals surface area contributed by atoms with E-state index in [9.17, 15) is 9.59 Å².